The van der Waals surface area contributed by atoms with Crippen LogP contribution in [0.15, 0.2) is 54.6 Å². The van der Waals surface area contributed by atoms with Crippen LogP contribution in [0.4, 0.5) is 5.69 Å². The number of nitrogens with zero attached hydrogens (tertiary/aromatic N) is 3. The SMILES string of the molecule is O=C(c1ccccc1)c1cc2cc([N+](=O)[O-])ccc2nn1. The molecule has 0 aliphatic rings. The standard InChI is InChI=1S/C15H9N3O3/c19-15(10-4-2-1-3-5-10)14-9-11-8-12(18(20)21)6-7-13(11)16-17-14/h1-9H. The van der Waals surface area contributed by atoms with Crippen molar-refractivity contribution in [3.8, 4) is 0 Å². The smallest absolute Gasteiger partial charge is 0.270 e. The van der Waals surface area contributed by atoms with E-state index in [4.69, 9.17) is 0 Å². The van der Waals surface area contributed by atoms with Crippen molar-refractivity contribution >= 4 is 22.4 Å². The number of nitro groups is 1. The van der Waals surface area contributed by atoms with Gasteiger partial charge in [0.1, 0.15) is 5.69 Å². The lowest BCUT2D eigenvalue weighted by atomic mass is 10.1. The highest BCUT2D eigenvalue weighted by atomic mass is 16.6. The van der Waals surface area contributed by atoms with Gasteiger partial charge in [-0.2, -0.15) is 0 Å². The number of carbonyl (C=O) groups is 1. The fourth-order valence-electron chi connectivity index (χ4n) is 1.99. The number of ketones is 1. The number of hydrogen-bond acceptors (Lipinski definition) is 5. The molecule has 0 amide bonds. The molecule has 0 aliphatic carbocycles. The van der Waals surface area contributed by atoms with E-state index in [9.17, 15) is 14.9 Å². The third kappa shape index (κ3) is 2.46. The van der Waals surface area contributed by atoms with E-state index in [1.54, 1.807) is 24.3 Å². The summed E-state index contributed by atoms with van der Waals surface area (Å²) in [6, 6.07) is 14.5. The van der Waals surface area contributed by atoms with Crippen LogP contribution >= 0.6 is 0 Å². The van der Waals surface area contributed by atoms with Gasteiger partial charge < -0.3 is 0 Å². The first kappa shape index (κ1) is 12.9. The number of non-ortho nitro benzene ring substituents is 1. The van der Waals surface area contributed by atoms with Gasteiger partial charge in [-0.25, -0.2) is 0 Å². The number of aromatic nitrogens is 2. The zero-order valence-electron chi connectivity index (χ0n) is 10.8. The average Bonchev–Trinajstić information content (AvgIpc) is 2.54. The molecule has 0 atom stereocenters. The van der Waals surface area contributed by atoms with Gasteiger partial charge in [0, 0.05) is 23.1 Å². The van der Waals surface area contributed by atoms with Crippen molar-refractivity contribution in [3.05, 3.63) is 76.0 Å². The zero-order valence-corrected chi connectivity index (χ0v) is 10.8. The number of carbonyl (C=O) groups excluding carboxylic acids is 1. The summed E-state index contributed by atoms with van der Waals surface area (Å²) in [6.07, 6.45) is 0. The Hall–Kier alpha value is -3.15. The van der Waals surface area contributed by atoms with E-state index in [1.165, 1.54) is 24.3 Å². The second-order valence-electron chi connectivity index (χ2n) is 4.42. The molecule has 1 aromatic heterocycles. The van der Waals surface area contributed by atoms with Gasteiger partial charge in [0.25, 0.3) is 5.69 Å². The maximum absolute atomic E-state index is 12.3. The zero-order chi connectivity index (χ0) is 14.8. The summed E-state index contributed by atoms with van der Waals surface area (Å²) in [6.45, 7) is 0. The first-order valence-electron chi connectivity index (χ1n) is 6.17. The number of benzene rings is 2. The van der Waals surface area contributed by atoms with Gasteiger partial charge in [-0.05, 0) is 12.1 Å². The minimum absolute atomic E-state index is 0.0476. The summed E-state index contributed by atoms with van der Waals surface area (Å²) >= 11 is 0. The second-order valence-corrected chi connectivity index (χ2v) is 4.42. The van der Waals surface area contributed by atoms with Gasteiger partial charge in [-0.3, -0.25) is 14.9 Å². The summed E-state index contributed by atoms with van der Waals surface area (Å²) in [5.41, 5.74) is 1.12. The van der Waals surface area contributed by atoms with Crippen LogP contribution in [0.25, 0.3) is 10.9 Å². The molecule has 3 aromatic rings. The van der Waals surface area contributed by atoms with Crippen LogP contribution in [0, 0.1) is 10.1 Å². The molecule has 0 fully saturated rings. The van der Waals surface area contributed by atoms with E-state index in [2.05, 4.69) is 10.2 Å². The van der Waals surface area contributed by atoms with Crippen LogP contribution in [0.1, 0.15) is 16.1 Å². The van der Waals surface area contributed by atoms with E-state index < -0.39 is 4.92 Å². The molecule has 0 saturated carbocycles. The number of hydrogen-bond donors (Lipinski definition) is 0. The lowest BCUT2D eigenvalue weighted by Gasteiger charge is -2.01. The Labute approximate surface area is 119 Å². The molecule has 0 N–H and O–H groups in total. The monoisotopic (exact) mass is 279 g/mol. The van der Waals surface area contributed by atoms with Crippen LogP contribution in [-0.4, -0.2) is 20.9 Å². The molecule has 0 aliphatic heterocycles. The third-order valence-corrected chi connectivity index (χ3v) is 3.05. The summed E-state index contributed by atoms with van der Waals surface area (Å²) in [4.78, 5) is 22.6. The maximum atomic E-state index is 12.3. The van der Waals surface area contributed by atoms with Crippen molar-refractivity contribution in [1.29, 1.82) is 0 Å². The molecule has 6 nitrogen and oxygen atoms in total. The van der Waals surface area contributed by atoms with Crippen molar-refractivity contribution in [2.75, 3.05) is 0 Å². The predicted octanol–water partition coefficient (Wildman–Crippen LogP) is 2.77. The number of rotatable bonds is 3. The van der Waals surface area contributed by atoms with Crippen LogP contribution in [0.3, 0.4) is 0 Å². The summed E-state index contributed by atoms with van der Waals surface area (Å²) in [5, 5.41) is 19.1. The predicted molar refractivity (Wildman–Crippen MR) is 76.1 cm³/mol. The molecule has 0 bridgehead atoms. The van der Waals surface area contributed by atoms with Crippen molar-refractivity contribution < 1.29 is 9.72 Å². The topological polar surface area (TPSA) is 86.0 Å². The first-order valence-corrected chi connectivity index (χ1v) is 6.17. The summed E-state index contributed by atoms with van der Waals surface area (Å²) in [7, 11) is 0. The first-order chi connectivity index (χ1) is 10.1. The van der Waals surface area contributed by atoms with E-state index in [0.717, 1.165) is 0 Å². The Morgan fingerprint density at radius 3 is 2.48 bits per heavy atom. The van der Waals surface area contributed by atoms with Crippen LogP contribution in [0.5, 0.6) is 0 Å². The number of fused-ring (bicyclic) bond motifs is 1. The molecule has 2 aromatic carbocycles. The minimum atomic E-state index is -0.488. The van der Waals surface area contributed by atoms with Crippen molar-refractivity contribution in [1.82, 2.24) is 10.2 Å². The summed E-state index contributed by atoms with van der Waals surface area (Å²) < 4.78 is 0. The lowest BCUT2D eigenvalue weighted by Crippen LogP contribution is -2.05. The highest BCUT2D eigenvalue weighted by molar-refractivity contribution is 6.08. The third-order valence-electron chi connectivity index (χ3n) is 3.05. The largest absolute Gasteiger partial charge is 0.287 e. The molecule has 102 valence electrons. The van der Waals surface area contributed by atoms with Crippen LogP contribution in [0.2, 0.25) is 0 Å². The van der Waals surface area contributed by atoms with Crippen LogP contribution in [-0.2, 0) is 0 Å². The Morgan fingerprint density at radius 2 is 1.76 bits per heavy atom. The van der Waals surface area contributed by atoms with E-state index >= 15 is 0 Å². The molecule has 0 saturated heterocycles. The Balaban J connectivity index is 2.08. The van der Waals surface area contributed by atoms with E-state index in [1.807, 2.05) is 6.07 Å². The van der Waals surface area contributed by atoms with Crippen LogP contribution < -0.4 is 0 Å². The second kappa shape index (κ2) is 5.09. The summed E-state index contributed by atoms with van der Waals surface area (Å²) in [5.74, 6) is -0.267. The molecule has 3 rings (SSSR count). The van der Waals surface area contributed by atoms with Crippen molar-refractivity contribution in [2.45, 2.75) is 0 Å². The molecule has 21 heavy (non-hydrogen) atoms. The molecule has 0 spiro atoms. The van der Waals surface area contributed by atoms with Gasteiger partial charge in [0.05, 0.1) is 10.4 Å². The quantitative estimate of drug-likeness (QED) is 0.418. The average molecular weight is 279 g/mol. The van der Waals surface area contributed by atoms with Gasteiger partial charge in [0.2, 0.25) is 5.78 Å². The van der Waals surface area contributed by atoms with E-state index in [0.29, 0.717) is 16.5 Å². The fraction of sp³-hybridized carbons (Fsp3) is 0. The van der Waals surface area contributed by atoms with Gasteiger partial charge >= 0.3 is 0 Å². The highest BCUT2D eigenvalue weighted by Crippen LogP contribution is 2.20. The van der Waals surface area contributed by atoms with Gasteiger partial charge in [-0.15, -0.1) is 10.2 Å². The normalized spacial score (nSPS) is 10.5. The Morgan fingerprint density at radius 1 is 1.00 bits per heavy atom. The van der Waals surface area contributed by atoms with Crippen molar-refractivity contribution in [2.24, 2.45) is 0 Å². The van der Waals surface area contributed by atoms with Gasteiger partial charge in [-0.1, -0.05) is 30.3 Å². The molecular formula is C15H9N3O3. The molecular weight excluding hydrogens is 270 g/mol. The number of nitro benzene ring substituents is 1. The molecule has 1 heterocycles. The molecule has 0 radical (unpaired) electrons. The van der Waals surface area contributed by atoms with Crippen molar-refractivity contribution in [3.63, 3.8) is 0 Å². The Bertz CT molecular complexity index is 847. The van der Waals surface area contributed by atoms with Gasteiger partial charge in [0.15, 0.2) is 0 Å². The minimum Gasteiger partial charge on any atom is -0.287 e. The van der Waals surface area contributed by atoms with E-state index in [-0.39, 0.29) is 17.2 Å². The fourth-order valence-corrected chi connectivity index (χ4v) is 1.99. The maximum Gasteiger partial charge on any atom is 0.270 e. The highest BCUT2D eigenvalue weighted by Gasteiger charge is 2.13. The molecule has 0 unspecified atom stereocenters. The lowest BCUT2D eigenvalue weighted by molar-refractivity contribution is -0.384. The molecule has 6 heteroatoms. The Kier molecular flexibility index (Phi) is 3.12.